The molecule has 11 heteroatoms. The Balaban J connectivity index is 2.50. The number of nitrogens with zero attached hydrogens (tertiary/aromatic N) is 1. The lowest BCUT2D eigenvalue weighted by Crippen LogP contribution is -2.31. The Morgan fingerprint density at radius 2 is 1.79 bits per heavy atom. The predicted molar refractivity (Wildman–Crippen MR) is 129 cm³/mol. The largest absolute Gasteiger partial charge is 0.457 e. The third kappa shape index (κ3) is 7.22. The predicted octanol–water partition coefficient (Wildman–Crippen LogP) is 5.70. The van der Waals surface area contributed by atoms with Crippen molar-refractivity contribution in [3.63, 3.8) is 0 Å². The molecule has 0 aliphatic heterocycles. The van der Waals surface area contributed by atoms with E-state index in [1.165, 1.54) is 11.4 Å². The van der Waals surface area contributed by atoms with Crippen LogP contribution >= 0.6 is 22.3 Å². The van der Waals surface area contributed by atoms with E-state index in [0.717, 1.165) is 9.78 Å². The molecule has 0 saturated carbocycles. The number of esters is 1. The van der Waals surface area contributed by atoms with Crippen LogP contribution in [-0.4, -0.2) is 44.6 Å². The van der Waals surface area contributed by atoms with Gasteiger partial charge in [-0.1, -0.05) is 52.6 Å². The van der Waals surface area contributed by atoms with E-state index in [1.807, 2.05) is 0 Å². The Morgan fingerprint density at radius 3 is 2.39 bits per heavy atom. The molecule has 0 spiro atoms. The summed E-state index contributed by atoms with van der Waals surface area (Å²) in [6.45, 7) is -0.124. The summed E-state index contributed by atoms with van der Waals surface area (Å²) >= 11 is 6.06. The first-order chi connectivity index (χ1) is 15.8. The highest BCUT2D eigenvalue weighted by Gasteiger charge is 2.31. The van der Waals surface area contributed by atoms with Gasteiger partial charge < -0.3 is 4.74 Å². The first-order valence-electron chi connectivity index (χ1n) is 10.1. The fraction of sp³-hybridized carbons (Fsp3) is 0.364. The SMILES string of the molecule is C/C=S(\CCCF)N(c1ccc(Cl)c(C(=O)OCc2ccccc2)c1F)S(=O)(=O)CCCF. The van der Waals surface area contributed by atoms with Crippen molar-refractivity contribution in [3.8, 4) is 0 Å². The van der Waals surface area contributed by atoms with Gasteiger partial charge in [0, 0.05) is 5.75 Å². The minimum Gasteiger partial charge on any atom is -0.457 e. The van der Waals surface area contributed by atoms with Crippen molar-refractivity contribution < 1.29 is 31.1 Å². The van der Waals surface area contributed by atoms with Gasteiger partial charge in [-0.25, -0.2) is 21.3 Å². The molecule has 33 heavy (non-hydrogen) atoms. The van der Waals surface area contributed by atoms with Crippen LogP contribution in [0.5, 0.6) is 0 Å². The van der Waals surface area contributed by atoms with Crippen molar-refractivity contribution in [1.82, 2.24) is 0 Å². The molecule has 2 rings (SSSR count). The van der Waals surface area contributed by atoms with E-state index in [-0.39, 0.29) is 30.2 Å². The molecule has 0 aliphatic rings. The lowest BCUT2D eigenvalue weighted by Gasteiger charge is -2.28. The number of hydrogen-bond acceptors (Lipinski definition) is 4. The van der Waals surface area contributed by atoms with Crippen LogP contribution in [0.15, 0.2) is 42.5 Å². The number of anilines is 1. The van der Waals surface area contributed by atoms with Crippen molar-refractivity contribution in [2.45, 2.75) is 26.4 Å². The van der Waals surface area contributed by atoms with Crippen LogP contribution in [0.25, 0.3) is 0 Å². The molecular weight excluding hydrogens is 499 g/mol. The lowest BCUT2D eigenvalue weighted by molar-refractivity contribution is 0.0467. The molecule has 0 saturated heterocycles. The molecular formula is C22H25ClF3NO4S2. The number of alkyl halides is 2. The Hall–Kier alpha value is -2.04. The molecule has 5 nitrogen and oxygen atoms in total. The summed E-state index contributed by atoms with van der Waals surface area (Å²) < 4.78 is 73.1. The number of hydrogen-bond donors (Lipinski definition) is 0. The van der Waals surface area contributed by atoms with Gasteiger partial charge in [-0.05, 0) is 42.8 Å². The topological polar surface area (TPSA) is 63.7 Å². The molecule has 0 N–H and O–H groups in total. The number of ether oxygens (including phenoxy) is 1. The second-order valence-corrected chi connectivity index (χ2v) is 11.4. The number of halogens is 4. The van der Waals surface area contributed by atoms with Crippen molar-refractivity contribution in [2.24, 2.45) is 0 Å². The lowest BCUT2D eigenvalue weighted by atomic mass is 10.2. The van der Waals surface area contributed by atoms with Gasteiger partial charge in [0.25, 0.3) is 0 Å². The van der Waals surface area contributed by atoms with Crippen molar-refractivity contribution in [2.75, 3.05) is 28.6 Å². The maximum Gasteiger partial charge on any atom is 0.343 e. The second kappa shape index (κ2) is 13.0. The van der Waals surface area contributed by atoms with Crippen LogP contribution in [0.4, 0.5) is 18.9 Å². The molecule has 1 unspecified atom stereocenters. The quantitative estimate of drug-likeness (QED) is 0.264. The second-order valence-electron chi connectivity index (χ2n) is 6.79. The number of rotatable bonds is 12. The van der Waals surface area contributed by atoms with Crippen LogP contribution in [0.3, 0.4) is 0 Å². The van der Waals surface area contributed by atoms with Crippen LogP contribution in [0.2, 0.25) is 5.02 Å². The highest BCUT2D eigenvalue weighted by atomic mass is 35.5. The van der Waals surface area contributed by atoms with E-state index in [4.69, 9.17) is 16.3 Å². The zero-order chi connectivity index (χ0) is 24.4. The number of sulfonamides is 1. The smallest absolute Gasteiger partial charge is 0.343 e. The molecule has 0 bridgehead atoms. The maximum absolute atomic E-state index is 15.6. The Labute approximate surface area is 199 Å². The van der Waals surface area contributed by atoms with Crippen LogP contribution in [-0.2, 0) is 21.4 Å². The average molecular weight is 524 g/mol. The monoisotopic (exact) mass is 523 g/mol. The first-order valence-corrected chi connectivity index (χ1v) is 13.5. The van der Waals surface area contributed by atoms with Crippen LogP contribution in [0, 0.1) is 5.82 Å². The maximum atomic E-state index is 15.6. The van der Waals surface area contributed by atoms with Gasteiger partial charge in [-0.2, -0.15) is 0 Å². The summed E-state index contributed by atoms with van der Waals surface area (Å²) in [5.41, 5.74) is -0.367. The molecule has 0 aromatic heterocycles. The highest BCUT2D eigenvalue weighted by molar-refractivity contribution is 8.24. The molecule has 0 fully saturated rings. The molecule has 2 aromatic rings. The standard InChI is InChI=1S/C22H25ClF3NO4S2/c1-2-32(14-6-12-24)27(33(29,30)15-7-13-25)19-11-10-18(23)20(21(19)26)22(28)31-16-17-8-4-3-5-9-17/h2-5,8-11H,6-7,12-16H2,1H3. The summed E-state index contributed by atoms with van der Waals surface area (Å²) in [7, 11) is -5.44. The number of benzene rings is 2. The normalized spacial score (nSPS) is 12.5. The summed E-state index contributed by atoms with van der Waals surface area (Å²) in [6, 6.07) is 11.0. The van der Waals surface area contributed by atoms with Crippen molar-refractivity contribution in [1.29, 1.82) is 0 Å². The van der Waals surface area contributed by atoms with Crippen LogP contribution < -0.4 is 3.71 Å². The first kappa shape index (κ1) is 27.2. The van der Waals surface area contributed by atoms with Crippen molar-refractivity contribution >= 4 is 49.3 Å². The highest BCUT2D eigenvalue weighted by Crippen LogP contribution is 2.37. The van der Waals surface area contributed by atoms with E-state index in [9.17, 15) is 22.0 Å². The fourth-order valence-electron chi connectivity index (χ4n) is 2.91. The van der Waals surface area contributed by atoms with Gasteiger partial charge in [0.05, 0.1) is 24.1 Å². The zero-order valence-corrected chi connectivity index (χ0v) is 20.4. The average Bonchev–Trinajstić information content (AvgIpc) is 2.80. The van der Waals surface area contributed by atoms with Gasteiger partial charge in [0.15, 0.2) is 5.82 Å². The van der Waals surface area contributed by atoms with E-state index < -0.39 is 62.8 Å². The van der Waals surface area contributed by atoms with Crippen LogP contribution in [0.1, 0.15) is 35.7 Å². The summed E-state index contributed by atoms with van der Waals surface area (Å²) in [6.07, 6.45) is -0.242. The summed E-state index contributed by atoms with van der Waals surface area (Å²) in [5, 5.41) is 1.27. The molecule has 0 radical (unpaired) electrons. The van der Waals surface area contributed by atoms with E-state index in [2.05, 4.69) is 0 Å². The third-order valence-electron chi connectivity index (χ3n) is 4.45. The summed E-state index contributed by atoms with van der Waals surface area (Å²) in [5.74, 6) is -2.72. The van der Waals surface area contributed by atoms with Gasteiger partial charge in [0.2, 0.25) is 10.0 Å². The molecule has 182 valence electrons. The molecule has 0 heterocycles. The number of carbonyl (C=O) groups excluding carboxylic acids is 1. The fourth-order valence-corrected chi connectivity index (χ4v) is 7.47. The third-order valence-corrected chi connectivity index (χ3v) is 9.40. The zero-order valence-electron chi connectivity index (χ0n) is 18.0. The minimum atomic E-state index is -4.20. The molecule has 0 aliphatic carbocycles. The van der Waals surface area contributed by atoms with Gasteiger partial charge in [-0.3, -0.25) is 8.78 Å². The Morgan fingerprint density at radius 1 is 1.12 bits per heavy atom. The Bertz CT molecular complexity index is 1080. The number of carbonyl (C=O) groups is 1. The van der Waals surface area contributed by atoms with Crippen molar-refractivity contribution in [3.05, 3.63) is 64.4 Å². The van der Waals surface area contributed by atoms with Gasteiger partial charge >= 0.3 is 5.97 Å². The Kier molecular flexibility index (Phi) is 10.7. The van der Waals surface area contributed by atoms with Gasteiger partial charge in [-0.15, -0.1) is 0 Å². The molecule has 1 atom stereocenters. The van der Waals surface area contributed by atoms with E-state index >= 15 is 4.39 Å². The summed E-state index contributed by atoms with van der Waals surface area (Å²) in [4.78, 5) is 12.6. The minimum absolute atomic E-state index is 0.0454. The molecule has 2 aromatic carbocycles. The van der Waals surface area contributed by atoms with Gasteiger partial charge in [0.1, 0.15) is 17.9 Å². The van der Waals surface area contributed by atoms with E-state index in [1.54, 1.807) is 37.3 Å². The van der Waals surface area contributed by atoms with E-state index in [0.29, 0.717) is 5.56 Å². The molecule has 0 amide bonds.